The van der Waals surface area contributed by atoms with E-state index in [2.05, 4.69) is 19.2 Å². The van der Waals surface area contributed by atoms with E-state index in [1.807, 2.05) is 16.8 Å². The fourth-order valence-electron chi connectivity index (χ4n) is 4.00. The first kappa shape index (κ1) is 18.2. The molecule has 2 bridgehead atoms. The molecule has 0 radical (unpaired) electrons. The number of hydrogen-bond acceptors (Lipinski definition) is 3. The zero-order valence-corrected chi connectivity index (χ0v) is 15.0. The van der Waals surface area contributed by atoms with Crippen LogP contribution in [0, 0.1) is 0 Å². The Balaban J connectivity index is 1.78. The first-order chi connectivity index (χ1) is 11.0. The molecule has 2 aliphatic heterocycles. The van der Waals surface area contributed by atoms with Gasteiger partial charge in [-0.3, -0.25) is 9.59 Å². The number of hydrogen-bond donors (Lipinski definition) is 1. The van der Waals surface area contributed by atoms with Crippen LogP contribution in [0.5, 0.6) is 0 Å². The van der Waals surface area contributed by atoms with E-state index in [1.54, 1.807) is 0 Å². The summed E-state index contributed by atoms with van der Waals surface area (Å²) in [6.07, 6.45) is 7.23. The molecule has 2 fully saturated rings. The van der Waals surface area contributed by atoms with E-state index in [4.69, 9.17) is 0 Å². The molecule has 1 N–H and O–H groups in total. The lowest BCUT2D eigenvalue weighted by molar-refractivity contribution is -0.138. The third kappa shape index (κ3) is 4.93. The lowest BCUT2D eigenvalue weighted by atomic mass is 9.98. The minimum Gasteiger partial charge on any atom is -0.343 e. The summed E-state index contributed by atoms with van der Waals surface area (Å²) < 4.78 is 0. The number of piperidine rings is 1. The van der Waals surface area contributed by atoms with Crippen LogP contribution in [0.25, 0.3) is 0 Å². The van der Waals surface area contributed by atoms with Gasteiger partial charge < -0.3 is 15.1 Å². The van der Waals surface area contributed by atoms with Crippen LogP contribution in [-0.2, 0) is 9.59 Å². The molecule has 5 heteroatoms. The molecule has 0 aromatic rings. The standard InChI is InChI=1S/C18H33N3O2/c1-4-10-21(11-5-2)18(23)9-8-17(22)20(3)16-12-14-6-7-15(13-16)19-14/h14-16,19H,4-13H2,1-3H3. The second kappa shape index (κ2) is 8.67. The Hall–Kier alpha value is -1.10. The van der Waals surface area contributed by atoms with Gasteiger partial charge in [-0.1, -0.05) is 13.8 Å². The van der Waals surface area contributed by atoms with Crippen molar-refractivity contribution in [2.45, 2.75) is 83.3 Å². The van der Waals surface area contributed by atoms with Gasteiger partial charge >= 0.3 is 0 Å². The maximum absolute atomic E-state index is 12.5. The Labute approximate surface area is 140 Å². The van der Waals surface area contributed by atoms with Crippen molar-refractivity contribution in [3.8, 4) is 0 Å². The number of rotatable bonds is 8. The van der Waals surface area contributed by atoms with Crippen molar-refractivity contribution < 1.29 is 9.59 Å². The average Bonchev–Trinajstić information content (AvgIpc) is 2.89. The highest BCUT2D eigenvalue weighted by Crippen LogP contribution is 2.29. The van der Waals surface area contributed by atoms with Crippen LogP contribution in [-0.4, -0.2) is 59.9 Å². The van der Waals surface area contributed by atoms with Gasteiger partial charge in [0.2, 0.25) is 11.8 Å². The molecule has 23 heavy (non-hydrogen) atoms. The van der Waals surface area contributed by atoms with E-state index in [0.717, 1.165) is 38.8 Å². The lowest BCUT2D eigenvalue weighted by Crippen LogP contribution is -2.48. The molecule has 2 atom stereocenters. The quantitative estimate of drug-likeness (QED) is 0.745. The minimum atomic E-state index is 0.123. The predicted molar refractivity (Wildman–Crippen MR) is 92.1 cm³/mol. The number of amides is 2. The van der Waals surface area contributed by atoms with E-state index in [0.29, 0.717) is 31.0 Å². The zero-order chi connectivity index (χ0) is 16.8. The van der Waals surface area contributed by atoms with Crippen LogP contribution in [0.3, 0.4) is 0 Å². The molecule has 5 nitrogen and oxygen atoms in total. The Morgan fingerprint density at radius 1 is 0.957 bits per heavy atom. The van der Waals surface area contributed by atoms with Crippen LogP contribution in [0.1, 0.15) is 65.2 Å². The maximum atomic E-state index is 12.5. The fourth-order valence-corrected chi connectivity index (χ4v) is 4.00. The normalized spacial score (nSPS) is 26.1. The van der Waals surface area contributed by atoms with E-state index >= 15 is 0 Å². The molecule has 0 aliphatic carbocycles. The first-order valence-corrected chi connectivity index (χ1v) is 9.34. The molecule has 0 aromatic carbocycles. The van der Waals surface area contributed by atoms with Gasteiger partial charge in [-0.15, -0.1) is 0 Å². The fraction of sp³-hybridized carbons (Fsp3) is 0.889. The molecule has 2 aliphatic rings. The third-order valence-electron chi connectivity index (χ3n) is 5.28. The molecule has 2 amide bonds. The number of fused-ring (bicyclic) bond motifs is 2. The molecule has 2 saturated heterocycles. The van der Waals surface area contributed by atoms with Gasteiger partial charge in [-0.05, 0) is 38.5 Å². The summed E-state index contributed by atoms with van der Waals surface area (Å²) in [6.45, 7) is 5.77. The molecule has 0 saturated carbocycles. The minimum absolute atomic E-state index is 0.123. The van der Waals surface area contributed by atoms with E-state index in [-0.39, 0.29) is 11.8 Å². The largest absolute Gasteiger partial charge is 0.343 e. The molecule has 0 spiro atoms. The Morgan fingerprint density at radius 2 is 1.48 bits per heavy atom. The summed E-state index contributed by atoms with van der Waals surface area (Å²) >= 11 is 0. The smallest absolute Gasteiger partial charge is 0.223 e. The summed E-state index contributed by atoms with van der Waals surface area (Å²) in [5.74, 6) is 0.249. The zero-order valence-electron chi connectivity index (χ0n) is 15.0. The number of carbonyl (C=O) groups is 2. The second-order valence-electron chi connectivity index (χ2n) is 7.15. The van der Waals surface area contributed by atoms with Crippen LogP contribution < -0.4 is 5.32 Å². The van der Waals surface area contributed by atoms with Gasteiger partial charge in [0.15, 0.2) is 0 Å². The molecule has 2 heterocycles. The van der Waals surface area contributed by atoms with E-state index in [1.165, 1.54) is 12.8 Å². The van der Waals surface area contributed by atoms with Crippen molar-refractivity contribution >= 4 is 11.8 Å². The average molecular weight is 323 g/mol. The van der Waals surface area contributed by atoms with Crippen molar-refractivity contribution in [1.82, 2.24) is 15.1 Å². The van der Waals surface area contributed by atoms with E-state index in [9.17, 15) is 9.59 Å². The topological polar surface area (TPSA) is 52.7 Å². The first-order valence-electron chi connectivity index (χ1n) is 9.34. The van der Waals surface area contributed by atoms with Crippen molar-refractivity contribution in [2.24, 2.45) is 0 Å². The third-order valence-corrected chi connectivity index (χ3v) is 5.28. The van der Waals surface area contributed by atoms with E-state index < -0.39 is 0 Å². The highest BCUT2D eigenvalue weighted by Gasteiger charge is 2.36. The SMILES string of the molecule is CCCN(CCC)C(=O)CCC(=O)N(C)C1CC2CCC(C1)N2. The van der Waals surface area contributed by atoms with Gasteiger partial charge in [-0.25, -0.2) is 0 Å². The van der Waals surface area contributed by atoms with Crippen molar-refractivity contribution in [1.29, 1.82) is 0 Å². The van der Waals surface area contributed by atoms with Gasteiger partial charge in [0, 0.05) is 51.1 Å². The molecular weight excluding hydrogens is 290 g/mol. The predicted octanol–water partition coefficient (Wildman–Crippen LogP) is 2.16. The molecule has 132 valence electrons. The maximum Gasteiger partial charge on any atom is 0.223 e. The summed E-state index contributed by atoms with van der Waals surface area (Å²) in [4.78, 5) is 28.5. The Bertz CT molecular complexity index is 395. The summed E-state index contributed by atoms with van der Waals surface area (Å²) in [6, 6.07) is 1.51. The van der Waals surface area contributed by atoms with Crippen LogP contribution >= 0.6 is 0 Å². The van der Waals surface area contributed by atoms with Crippen LogP contribution in [0.15, 0.2) is 0 Å². The van der Waals surface area contributed by atoms with Gasteiger partial charge in [0.25, 0.3) is 0 Å². The Morgan fingerprint density at radius 3 is 2.00 bits per heavy atom. The summed E-state index contributed by atoms with van der Waals surface area (Å²) in [7, 11) is 1.91. The molecular formula is C18H33N3O2. The van der Waals surface area contributed by atoms with Crippen LogP contribution in [0.4, 0.5) is 0 Å². The lowest BCUT2D eigenvalue weighted by Gasteiger charge is -2.35. The summed E-state index contributed by atoms with van der Waals surface area (Å²) in [5.41, 5.74) is 0. The van der Waals surface area contributed by atoms with Gasteiger partial charge in [0.05, 0.1) is 0 Å². The molecule has 0 aromatic heterocycles. The van der Waals surface area contributed by atoms with Crippen molar-refractivity contribution in [3.63, 3.8) is 0 Å². The van der Waals surface area contributed by atoms with Crippen molar-refractivity contribution in [2.75, 3.05) is 20.1 Å². The highest BCUT2D eigenvalue weighted by molar-refractivity contribution is 5.83. The van der Waals surface area contributed by atoms with Crippen molar-refractivity contribution in [3.05, 3.63) is 0 Å². The van der Waals surface area contributed by atoms with Gasteiger partial charge in [0.1, 0.15) is 0 Å². The number of nitrogens with one attached hydrogen (secondary N) is 1. The monoisotopic (exact) mass is 323 g/mol. The Kier molecular flexibility index (Phi) is 6.88. The molecule has 2 unspecified atom stereocenters. The van der Waals surface area contributed by atoms with Crippen LogP contribution in [0.2, 0.25) is 0 Å². The summed E-state index contributed by atoms with van der Waals surface area (Å²) in [5, 5.41) is 3.61. The number of nitrogens with zero attached hydrogens (tertiary/aromatic N) is 2. The molecule has 2 rings (SSSR count). The van der Waals surface area contributed by atoms with Gasteiger partial charge in [-0.2, -0.15) is 0 Å². The second-order valence-corrected chi connectivity index (χ2v) is 7.15. The highest BCUT2D eigenvalue weighted by atomic mass is 16.2. The number of carbonyl (C=O) groups excluding carboxylic acids is 2.